The van der Waals surface area contributed by atoms with E-state index in [4.69, 9.17) is 10.8 Å². The van der Waals surface area contributed by atoms with Gasteiger partial charge < -0.3 is 10.8 Å². The van der Waals surface area contributed by atoms with E-state index in [1.165, 1.54) is 29.1 Å². The molecule has 1 aromatic heterocycles. The molecular formula is C12H12F3N3O. The molecule has 19 heavy (non-hydrogen) atoms. The first-order chi connectivity index (χ1) is 8.93. The molecule has 102 valence electrons. The minimum absolute atomic E-state index is 0.0780. The highest BCUT2D eigenvalue weighted by Crippen LogP contribution is 2.32. The van der Waals surface area contributed by atoms with Gasteiger partial charge in [0.15, 0.2) is 0 Å². The van der Waals surface area contributed by atoms with Gasteiger partial charge in [-0.15, -0.1) is 0 Å². The van der Waals surface area contributed by atoms with Crippen molar-refractivity contribution in [1.82, 2.24) is 9.78 Å². The number of nitrogen functional groups attached to an aromatic ring is 1. The standard InChI is InChI=1S/C12H12F3N3O/c13-12(14,15)10-4-2-1-3-8(10)6-18-11(16)9(7-19)5-17-18/h1-5,19H,6-7,16H2. The number of nitrogens with zero attached hydrogens (tertiary/aromatic N) is 2. The fourth-order valence-corrected chi connectivity index (χ4v) is 1.78. The zero-order valence-electron chi connectivity index (χ0n) is 9.85. The highest BCUT2D eigenvalue weighted by Gasteiger charge is 2.33. The van der Waals surface area contributed by atoms with Crippen molar-refractivity contribution in [3.05, 3.63) is 47.2 Å². The van der Waals surface area contributed by atoms with Gasteiger partial charge in [-0.2, -0.15) is 18.3 Å². The van der Waals surface area contributed by atoms with E-state index in [2.05, 4.69) is 5.10 Å². The highest BCUT2D eigenvalue weighted by molar-refractivity contribution is 5.39. The van der Waals surface area contributed by atoms with Crippen molar-refractivity contribution < 1.29 is 18.3 Å². The average molecular weight is 271 g/mol. The number of alkyl halides is 3. The van der Waals surface area contributed by atoms with E-state index in [-0.39, 0.29) is 24.5 Å². The van der Waals surface area contributed by atoms with Crippen LogP contribution in [0, 0.1) is 0 Å². The number of aliphatic hydroxyl groups is 1. The van der Waals surface area contributed by atoms with Gasteiger partial charge in [0.05, 0.1) is 24.9 Å². The number of halogens is 3. The Morgan fingerprint density at radius 3 is 2.47 bits per heavy atom. The van der Waals surface area contributed by atoms with Crippen LogP contribution in [0.2, 0.25) is 0 Å². The van der Waals surface area contributed by atoms with Crippen molar-refractivity contribution in [2.75, 3.05) is 5.73 Å². The second-order valence-corrected chi connectivity index (χ2v) is 4.03. The number of aliphatic hydroxyl groups excluding tert-OH is 1. The van der Waals surface area contributed by atoms with Gasteiger partial charge in [0, 0.05) is 5.56 Å². The molecule has 0 radical (unpaired) electrons. The Balaban J connectivity index is 2.36. The Bertz CT molecular complexity index is 578. The summed E-state index contributed by atoms with van der Waals surface area (Å²) in [6.07, 6.45) is -3.08. The molecule has 1 aromatic carbocycles. The second-order valence-electron chi connectivity index (χ2n) is 4.03. The van der Waals surface area contributed by atoms with E-state index >= 15 is 0 Å². The van der Waals surface area contributed by atoms with Gasteiger partial charge in [-0.1, -0.05) is 18.2 Å². The normalized spacial score (nSPS) is 11.8. The van der Waals surface area contributed by atoms with Crippen LogP contribution in [0.5, 0.6) is 0 Å². The van der Waals surface area contributed by atoms with Crippen molar-refractivity contribution in [2.45, 2.75) is 19.3 Å². The molecule has 2 rings (SSSR count). The lowest BCUT2D eigenvalue weighted by atomic mass is 10.1. The van der Waals surface area contributed by atoms with E-state index in [1.54, 1.807) is 0 Å². The number of nitrogens with two attached hydrogens (primary N) is 1. The first-order valence-electron chi connectivity index (χ1n) is 5.49. The molecular weight excluding hydrogens is 259 g/mol. The third-order valence-corrected chi connectivity index (χ3v) is 2.77. The Morgan fingerprint density at radius 2 is 1.89 bits per heavy atom. The summed E-state index contributed by atoms with van der Waals surface area (Å²) in [6.45, 7) is -0.395. The van der Waals surface area contributed by atoms with Crippen molar-refractivity contribution in [3.8, 4) is 0 Å². The number of rotatable bonds is 3. The average Bonchev–Trinajstić information content (AvgIpc) is 2.70. The number of aromatic nitrogens is 2. The monoisotopic (exact) mass is 271 g/mol. The summed E-state index contributed by atoms with van der Waals surface area (Å²) < 4.78 is 39.7. The van der Waals surface area contributed by atoms with Crippen LogP contribution in [0.4, 0.5) is 19.0 Å². The number of hydrogen-bond acceptors (Lipinski definition) is 3. The van der Waals surface area contributed by atoms with Gasteiger partial charge in [0.25, 0.3) is 0 Å². The van der Waals surface area contributed by atoms with Crippen LogP contribution in [0.25, 0.3) is 0 Å². The number of benzene rings is 1. The van der Waals surface area contributed by atoms with Gasteiger partial charge in [-0.05, 0) is 11.6 Å². The summed E-state index contributed by atoms with van der Waals surface area (Å²) in [5, 5.41) is 12.8. The van der Waals surface area contributed by atoms with Crippen LogP contribution in [0.3, 0.4) is 0 Å². The van der Waals surface area contributed by atoms with E-state index in [1.807, 2.05) is 0 Å². The summed E-state index contributed by atoms with van der Waals surface area (Å²) in [6, 6.07) is 5.25. The minimum atomic E-state index is -4.42. The summed E-state index contributed by atoms with van der Waals surface area (Å²) >= 11 is 0. The third kappa shape index (κ3) is 2.70. The lowest BCUT2D eigenvalue weighted by Gasteiger charge is -2.13. The molecule has 4 nitrogen and oxygen atoms in total. The predicted molar refractivity (Wildman–Crippen MR) is 63.1 cm³/mol. The molecule has 0 aliphatic heterocycles. The SMILES string of the molecule is Nc1c(CO)cnn1Cc1ccccc1C(F)(F)F. The van der Waals surface area contributed by atoms with Crippen molar-refractivity contribution in [3.63, 3.8) is 0 Å². The highest BCUT2D eigenvalue weighted by atomic mass is 19.4. The molecule has 0 bridgehead atoms. The summed E-state index contributed by atoms with van der Waals surface area (Å²) in [5.41, 5.74) is 5.44. The zero-order valence-corrected chi connectivity index (χ0v) is 9.85. The smallest absolute Gasteiger partial charge is 0.391 e. The predicted octanol–water partition coefficient (Wildman–Crippen LogP) is 2.02. The molecule has 0 saturated carbocycles. The van der Waals surface area contributed by atoms with E-state index in [9.17, 15) is 13.2 Å². The molecule has 0 atom stereocenters. The Kier molecular flexibility index (Phi) is 3.48. The number of anilines is 1. The lowest BCUT2D eigenvalue weighted by Crippen LogP contribution is -2.13. The topological polar surface area (TPSA) is 64.1 Å². The maximum absolute atomic E-state index is 12.8. The molecule has 0 saturated heterocycles. The van der Waals surface area contributed by atoms with Gasteiger partial charge in [0.2, 0.25) is 0 Å². The number of hydrogen-bond donors (Lipinski definition) is 2. The molecule has 7 heteroatoms. The second kappa shape index (κ2) is 4.93. The molecule has 0 spiro atoms. The molecule has 0 aliphatic rings. The first-order valence-corrected chi connectivity index (χ1v) is 5.49. The summed E-state index contributed by atoms with van der Waals surface area (Å²) in [7, 11) is 0. The zero-order chi connectivity index (χ0) is 14.0. The van der Waals surface area contributed by atoms with Gasteiger partial charge >= 0.3 is 6.18 Å². The maximum atomic E-state index is 12.8. The fourth-order valence-electron chi connectivity index (χ4n) is 1.78. The van der Waals surface area contributed by atoms with Crippen LogP contribution in [-0.4, -0.2) is 14.9 Å². The van der Waals surface area contributed by atoms with Gasteiger partial charge in [-0.3, -0.25) is 0 Å². The third-order valence-electron chi connectivity index (χ3n) is 2.77. The van der Waals surface area contributed by atoms with Crippen LogP contribution in [0.15, 0.2) is 30.5 Å². The molecule has 0 unspecified atom stereocenters. The van der Waals surface area contributed by atoms with Crippen LogP contribution >= 0.6 is 0 Å². The quantitative estimate of drug-likeness (QED) is 0.897. The summed E-state index contributed by atoms with van der Waals surface area (Å²) in [4.78, 5) is 0. The molecule has 2 aromatic rings. The summed E-state index contributed by atoms with van der Waals surface area (Å²) in [5.74, 6) is 0.166. The molecule has 0 aliphatic carbocycles. The molecule has 3 N–H and O–H groups in total. The maximum Gasteiger partial charge on any atom is 0.416 e. The van der Waals surface area contributed by atoms with E-state index < -0.39 is 11.7 Å². The van der Waals surface area contributed by atoms with Crippen LogP contribution < -0.4 is 5.73 Å². The largest absolute Gasteiger partial charge is 0.416 e. The van der Waals surface area contributed by atoms with Crippen LogP contribution in [-0.2, 0) is 19.3 Å². The van der Waals surface area contributed by atoms with Gasteiger partial charge in [0.1, 0.15) is 5.82 Å². The lowest BCUT2D eigenvalue weighted by molar-refractivity contribution is -0.138. The Labute approximate surface area is 107 Å². The van der Waals surface area contributed by atoms with Crippen molar-refractivity contribution in [1.29, 1.82) is 0 Å². The molecule has 1 heterocycles. The fraction of sp³-hybridized carbons (Fsp3) is 0.250. The Morgan fingerprint density at radius 1 is 1.21 bits per heavy atom. The van der Waals surface area contributed by atoms with Crippen molar-refractivity contribution >= 4 is 5.82 Å². The minimum Gasteiger partial charge on any atom is -0.391 e. The first kappa shape index (κ1) is 13.4. The van der Waals surface area contributed by atoms with Gasteiger partial charge in [-0.25, -0.2) is 4.68 Å². The van der Waals surface area contributed by atoms with Crippen molar-refractivity contribution in [2.24, 2.45) is 0 Å². The van der Waals surface area contributed by atoms with Crippen LogP contribution in [0.1, 0.15) is 16.7 Å². The Hall–Kier alpha value is -2.02. The molecule has 0 amide bonds. The molecule has 0 fully saturated rings. The van der Waals surface area contributed by atoms with E-state index in [0.29, 0.717) is 5.56 Å². The van der Waals surface area contributed by atoms with E-state index in [0.717, 1.165) is 6.07 Å².